The van der Waals surface area contributed by atoms with Crippen molar-refractivity contribution in [3.63, 3.8) is 0 Å². The lowest BCUT2D eigenvalue weighted by atomic mass is 9.92. The molecule has 1 atom stereocenters. The summed E-state index contributed by atoms with van der Waals surface area (Å²) in [7, 11) is 0. The molecular weight excluding hydrogens is 346 g/mol. The fourth-order valence-corrected chi connectivity index (χ4v) is 3.14. The largest absolute Gasteiger partial charge is 0.480 e. The first-order valence-corrected chi connectivity index (χ1v) is 8.50. The van der Waals surface area contributed by atoms with Gasteiger partial charge in [-0.05, 0) is 33.2 Å². The van der Waals surface area contributed by atoms with E-state index in [1.54, 1.807) is 0 Å². The topological polar surface area (TPSA) is 92.7 Å². The zero-order valence-corrected chi connectivity index (χ0v) is 14.8. The SMILES string of the molecule is CC(=O)OCC(=O)N[C@@H](Cc1c2ccccc2cc2ccccc12)C(=O)O. The molecule has 0 heterocycles. The maximum atomic E-state index is 11.9. The number of amides is 1. The second kappa shape index (κ2) is 7.86. The van der Waals surface area contributed by atoms with Crippen LogP contribution in [0.4, 0.5) is 0 Å². The highest BCUT2D eigenvalue weighted by molar-refractivity contribution is 6.02. The summed E-state index contributed by atoms with van der Waals surface area (Å²) in [5.74, 6) is -2.40. The number of nitrogens with one attached hydrogen (secondary N) is 1. The number of carbonyl (C=O) groups excluding carboxylic acids is 2. The van der Waals surface area contributed by atoms with Crippen molar-refractivity contribution in [2.45, 2.75) is 19.4 Å². The fourth-order valence-electron chi connectivity index (χ4n) is 3.14. The highest BCUT2D eigenvalue weighted by atomic mass is 16.5. The van der Waals surface area contributed by atoms with Crippen molar-refractivity contribution in [3.8, 4) is 0 Å². The molecule has 3 aromatic rings. The molecular formula is C21H19NO5. The fraction of sp³-hybridized carbons (Fsp3) is 0.190. The Morgan fingerprint density at radius 3 is 2.07 bits per heavy atom. The minimum absolute atomic E-state index is 0.114. The summed E-state index contributed by atoms with van der Waals surface area (Å²) >= 11 is 0. The second-order valence-corrected chi connectivity index (χ2v) is 6.24. The first-order chi connectivity index (χ1) is 13.0. The maximum absolute atomic E-state index is 11.9. The smallest absolute Gasteiger partial charge is 0.326 e. The molecule has 0 spiro atoms. The molecule has 27 heavy (non-hydrogen) atoms. The number of hydrogen-bond donors (Lipinski definition) is 2. The van der Waals surface area contributed by atoms with Crippen LogP contribution in [0.1, 0.15) is 12.5 Å². The van der Waals surface area contributed by atoms with E-state index in [9.17, 15) is 19.5 Å². The first-order valence-electron chi connectivity index (χ1n) is 8.50. The van der Waals surface area contributed by atoms with Gasteiger partial charge in [-0.2, -0.15) is 0 Å². The summed E-state index contributed by atoms with van der Waals surface area (Å²) in [5.41, 5.74) is 0.851. The van der Waals surface area contributed by atoms with E-state index in [0.717, 1.165) is 27.1 Å². The molecule has 0 saturated heterocycles. The van der Waals surface area contributed by atoms with E-state index in [1.807, 2.05) is 48.5 Å². The molecule has 3 aromatic carbocycles. The lowest BCUT2D eigenvalue weighted by Crippen LogP contribution is -2.44. The Kier molecular flexibility index (Phi) is 5.35. The standard InChI is InChI=1S/C21H19NO5/c1-13(23)27-12-20(24)22-19(21(25)26)11-18-16-8-4-2-6-14(16)10-15-7-3-5-9-17(15)18/h2-10,19H,11-12H2,1H3,(H,22,24)(H,25,26)/t19-/m0/s1. The van der Waals surface area contributed by atoms with Gasteiger partial charge in [-0.15, -0.1) is 0 Å². The predicted octanol–water partition coefficient (Wildman–Crippen LogP) is 2.67. The maximum Gasteiger partial charge on any atom is 0.326 e. The molecule has 0 aliphatic carbocycles. The third-order valence-electron chi connectivity index (χ3n) is 4.33. The third kappa shape index (κ3) is 4.23. The number of benzene rings is 3. The molecule has 3 rings (SSSR count). The van der Waals surface area contributed by atoms with Crippen LogP contribution in [0.15, 0.2) is 54.6 Å². The van der Waals surface area contributed by atoms with Crippen LogP contribution < -0.4 is 5.32 Å². The molecule has 0 unspecified atom stereocenters. The van der Waals surface area contributed by atoms with Crippen molar-refractivity contribution < 1.29 is 24.2 Å². The molecule has 0 aliphatic heterocycles. The number of carbonyl (C=O) groups is 3. The summed E-state index contributed by atoms with van der Waals surface area (Å²) in [6.45, 7) is 0.680. The van der Waals surface area contributed by atoms with Crippen LogP contribution in [-0.2, 0) is 25.5 Å². The van der Waals surface area contributed by atoms with E-state index in [0.29, 0.717) is 0 Å². The number of aliphatic carboxylic acids is 1. The zero-order valence-electron chi connectivity index (χ0n) is 14.8. The predicted molar refractivity (Wildman–Crippen MR) is 101 cm³/mol. The minimum atomic E-state index is -1.15. The summed E-state index contributed by atoms with van der Waals surface area (Å²) in [5, 5.41) is 15.9. The van der Waals surface area contributed by atoms with Gasteiger partial charge in [0.1, 0.15) is 6.04 Å². The van der Waals surface area contributed by atoms with E-state index in [-0.39, 0.29) is 6.42 Å². The number of rotatable bonds is 6. The summed E-state index contributed by atoms with van der Waals surface area (Å²) in [4.78, 5) is 34.5. The van der Waals surface area contributed by atoms with Gasteiger partial charge in [0.25, 0.3) is 5.91 Å². The molecule has 6 heteroatoms. The molecule has 0 saturated carbocycles. The van der Waals surface area contributed by atoms with Gasteiger partial charge >= 0.3 is 11.9 Å². The average Bonchev–Trinajstić information content (AvgIpc) is 2.65. The Bertz CT molecular complexity index is 973. The normalized spacial score (nSPS) is 11.9. The minimum Gasteiger partial charge on any atom is -0.480 e. The van der Waals surface area contributed by atoms with Crippen LogP contribution in [0.5, 0.6) is 0 Å². The summed E-state index contributed by atoms with van der Waals surface area (Å²) in [6, 6.07) is 16.4. The van der Waals surface area contributed by atoms with Gasteiger partial charge in [0.2, 0.25) is 0 Å². The summed E-state index contributed by atoms with van der Waals surface area (Å²) < 4.78 is 4.63. The lowest BCUT2D eigenvalue weighted by Gasteiger charge is -2.18. The van der Waals surface area contributed by atoms with Gasteiger partial charge in [-0.25, -0.2) is 4.79 Å². The summed E-state index contributed by atoms with van der Waals surface area (Å²) in [6.07, 6.45) is 0.114. The number of esters is 1. The van der Waals surface area contributed by atoms with Crippen LogP contribution >= 0.6 is 0 Å². The Labute approximate surface area is 155 Å². The number of carboxylic acid groups (broad SMARTS) is 1. The van der Waals surface area contributed by atoms with E-state index in [2.05, 4.69) is 16.1 Å². The number of ether oxygens (including phenoxy) is 1. The third-order valence-corrected chi connectivity index (χ3v) is 4.33. The molecule has 0 aliphatic rings. The van der Waals surface area contributed by atoms with Gasteiger partial charge in [0, 0.05) is 13.3 Å². The molecule has 6 nitrogen and oxygen atoms in total. The Morgan fingerprint density at radius 2 is 1.56 bits per heavy atom. The van der Waals surface area contributed by atoms with E-state index in [1.165, 1.54) is 6.92 Å². The van der Waals surface area contributed by atoms with Crippen molar-refractivity contribution in [3.05, 3.63) is 60.2 Å². The average molecular weight is 365 g/mol. The number of fused-ring (bicyclic) bond motifs is 2. The van der Waals surface area contributed by atoms with E-state index in [4.69, 9.17) is 0 Å². The molecule has 0 fully saturated rings. The van der Waals surface area contributed by atoms with Crippen molar-refractivity contribution in [2.24, 2.45) is 0 Å². The van der Waals surface area contributed by atoms with Gasteiger partial charge in [-0.1, -0.05) is 48.5 Å². The van der Waals surface area contributed by atoms with Crippen LogP contribution in [0, 0.1) is 0 Å². The Morgan fingerprint density at radius 1 is 1.00 bits per heavy atom. The first kappa shape index (κ1) is 18.4. The van der Waals surface area contributed by atoms with Crippen molar-refractivity contribution in [1.29, 1.82) is 0 Å². The Balaban J connectivity index is 1.97. The van der Waals surface area contributed by atoms with Crippen molar-refractivity contribution >= 4 is 39.4 Å². The second-order valence-electron chi connectivity index (χ2n) is 6.24. The zero-order chi connectivity index (χ0) is 19.4. The molecule has 0 bridgehead atoms. The van der Waals surface area contributed by atoms with Gasteiger partial charge in [0.15, 0.2) is 6.61 Å². The Hall–Kier alpha value is -3.41. The van der Waals surface area contributed by atoms with Crippen molar-refractivity contribution in [2.75, 3.05) is 6.61 Å². The van der Waals surface area contributed by atoms with E-state index >= 15 is 0 Å². The molecule has 2 N–H and O–H groups in total. The van der Waals surface area contributed by atoms with Crippen LogP contribution in [-0.4, -0.2) is 35.6 Å². The number of hydrogen-bond acceptors (Lipinski definition) is 4. The quantitative estimate of drug-likeness (QED) is 0.517. The van der Waals surface area contributed by atoms with Crippen LogP contribution in [0.3, 0.4) is 0 Å². The molecule has 0 aromatic heterocycles. The highest BCUT2D eigenvalue weighted by Crippen LogP contribution is 2.29. The molecule has 1 amide bonds. The molecule has 138 valence electrons. The number of carboxylic acids is 1. The highest BCUT2D eigenvalue weighted by Gasteiger charge is 2.23. The molecule has 0 radical (unpaired) electrons. The van der Waals surface area contributed by atoms with Gasteiger partial charge in [0.05, 0.1) is 0 Å². The van der Waals surface area contributed by atoms with Gasteiger partial charge < -0.3 is 15.2 Å². The lowest BCUT2D eigenvalue weighted by molar-refractivity contribution is -0.147. The van der Waals surface area contributed by atoms with Gasteiger partial charge in [-0.3, -0.25) is 9.59 Å². The van der Waals surface area contributed by atoms with Crippen LogP contribution in [0.25, 0.3) is 21.5 Å². The van der Waals surface area contributed by atoms with Crippen LogP contribution in [0.2, 0.25) is 0 Å². The van der Waals surface area contributed by atoms with Crippen molar-refractivity contribution in [1.82, 2.24) is 5.32 Å². The monoisotopic (exact) mass is 365 g/mol. The van der Waals surface area contributed by atoms with E-state index < -0.39 is 30.5 Å².